The van der Waals surface area contributed by atoms with Gasteiger partial charge in [0, 0.05) is 30.4 Å². The summed E-state index contributed by atoms with van der Waals surface area (Å²) in [7, 11) is -3.20. The highest BCUT2D eigenvalue weighted by atomic mass is 32.2. The van der Waals surface area contributed by atoms with Gasteiger partial charge in [-0.15, -0.1) is 0 Å². The standard InChI is InChI=1S/C20H31N3O4S/c1-13(2)23-18-10-9-17(11-19(18)27-20(23)24)21-12-15-5-7-16(8-6-15)22-28(25,26)14(3)4/h9-11,13-16,21-22H,5-8,12H2,1-4H3/t15-,16-. The molecule has 1 fully saturated rings. The van der Waals surface area contributed by atoms with Gasteiger partial charge in [-0.05, 0) is 71.4 Å². The monoisotopic (exact) mass is 409 g/mol. The summed E-state index contributed by atoms with van der Waals surface area (Å²) in [6.07, 6.45) is 3.70. The Balaban J connectivity index is 1.55. The van der Waals surface area contributed by atoms with Gasteiger partial charge in [-0.25, -0.2) is 17.9 Å². The number of sulfonamides is 1. The van der Waals surface area contributed by atoms with Gasteiger partial charge in [0.25, 0.3) is 0 Å². The normalized spacial score (nSPS) is 20.9. The molecule has 0 amide bonds. The molecule has 7 nitrogen and oxygen atoms in total. The van der Waals surface area contributed by atoms with E-state index in [0.29, 0.717) is 11.5 Å². The molecule has 0 bridgehead atoms. The number of anilines is 1. The number of benzene rings is 1. The van der Waals surface area contributed by atoms with Crippen molar-refractivity contribution in [2.45, 2.75) is 70.7 Å². The molecule has 2 N–H and O–H groups in total. The highest BCUT2D eigenvalue weighted by molar-refractivity contribution is 7.90. The Kier molecular flexibility index (Phi) is 6.19. The maximum absolute atomic E-state index is 12.0. The zero-order valence-electron chi connectivity index (χ0n) is 17.1. The second-order valence-corrected chi connectivity index (χ2v) is 10.6. The molecule has 1 aliphatic carbocycles. The summed E-state index contributed by atoms with van der Waals surface area (Å²) in [5, 5.41) is 3.04. The SMILES string of the molecule is CC(C)n1c(=O)oc2cc(NC[C@H]3CC[C@H](NS(=O)(=O)C(C)C)CC3)ccc21. The predicted octanol–water partition coefficient (Wildman–Crippen LogP) is 3.47. The van der Waals surface area contributed by atoms with Gasteiger partial charge in [0.1, 0.15) is 0 Å². The summed E-state index contributed by atoms with van der Waals surface area (Å²) in [6.45, 7) is 8.14. The van der Waals surface area contributed by atoms with Gasteiger partial charge < -0.3 is 9.73 Å². The Bertz CT molecular complexity index is 967. The van der Waals surface area contributed by atoms with Crippen molar-refractivity contribution in [3.8, 4) is 0 Å². The molecule has 3 rings (SSSR count). The molecule has 0 spiro atoms. The Morgan fingerprint density at radius 3 is 2.43 bits per heavy atom. The van der Waals surface area contributed by atoms with E-state index in [9.17, 15) is 13.2 Å². The smallest absolute Gasteiger partial charge is 0.408 e. The number of hydrogen-bond donors (Lipinski definition) is 2. The zero-order valence-corrected chi connectivity index (χ0v) is 17.9. The van der Waals surface area contributed by atoms with Crippen LogP contribution in [0.3, 0.4) is 0 Å². The third-order valence-electron chi connectivity index (χ3n) is 5.52. The summed E-state index contributed by atoms with van der Waals surface area (Å²) in [5.41, 5.74) is 2.33. The van der Waals surface area contributed by atoms with Crippen LogP contribution in [0, 0.1) is 5.92 Å². The number of rotatable bonds is 7. The average Bonchev–Trinajstić information content (AvgIpc) is 2.95. The van der Waals surface area contributed by atoms with Gasteiger partial charge in [0.2, 0.25) is 10.0 Å². The lowest BCUT2D eigenvalue weighted by Crippen LogP contribution is -2.41. The molecule has 156 valence electrons. The topological polar surface area (TPSA) is 93.3 Å². The minimum Gasteiger partial charge on any atom is -0.408 e. The van der Waals surface area contributed by atoms with Crippen LogP contribution in [0.1, 0.15) is 59.4 Å². The van der Waals surface area contributed by atoms with Crippen LogP contribution in [-0.4, -0.2) is 30.8 Å². The quantitative estimate of drug-likeness (QED) is 0.730. The molecule has 0 unspecified atom stereocenters. The first-order valence-corrected chi connectivity index (χ1v) is 11.6. The van der Waals surface area contributed by atoms with Crippen LogP contribution in [0.2, 0.25) is 0 Å². The molecule has 1 aromatic carbocycles. The molecule has 1 aliphatic rings. The van der Waals surface area contributed by atoms with Crippen molar-refractivity contribution >= 4 is 26.8 Å². The van der Waals surface area contributed by atoms with Crippen molar-refractivity contribution in [3.05, 3.63) is 28.7 Å². The first-order valence-electron chi connectivity index (χ1n) is 10.1. The Labute approximate surface area is 166 Å². The molecule has 8 heteroatoms. The third kappa shape index (κ3) is 4.60. The molecule has 28 heavy (non-hydrogen) atoms. The van der Waals surface area contributed by atoms with Crippen LogP contribution < -0.4 is 15.8 Å². The number of nitrogens with zero attached hydrogens (tertiary/aromatic N) is 1. The second kappa shape index (κ2) is 8.29. The fourth-order valence-corrected chi connectivity index (χ4v) is 4.72. The van der Waals surface area contributed by atoms with Gasteiger partial charge in [0.05, 0.1) is 10.8 Å². The second-order valence-electron chi connectivity index (χ2n) is 8.32. The maximum atomic E-state index is 12.0. The molecule has 1 aromatic heterocycles. The number of hydrogen-bond acceptors (Lipinski definition) is 5. The lowest BCUT2D eigenvalue weighted by molar-refractivity contribution is 0.323. The van der Waals surface area contributed by atoms with E-state index < -0.39 is 15.3 Å². The summed E-state index contributed by atoms with van der Waals surface area (Å²) in [6, 6.07) is 5.86. The van der Waals surface area contributed by atoms with Gasteiger partial charge in [-0.3, -0.25) is 4.57 Å². The minimum absolute atomic E-state index is 0.0464. The van der Waals surface area contributed by atoms with Crippen molar-refractivity contribution < 1.29 is 12.8 Å². The lowest BCUT2D eigenvalue weighted by Gasteiger charge is -2.29. The Morgan fingerprint density at radius 1 is 1.14 bits per heavy atom. The largest absolute Gasteiger partial charge is 0.420 e. The summed E-state index contributed by atoms with van der Waals surface area (Å²) in [5.74, 6) is 0.173. The minimum atomic E-state index is -3.20. The van der Waals surface area contributed by atoms with E-state index in [2.05, 4.69) is 10.0 Å². The van der Waals surface area contributed by atoms with Gasteiger partial charge in [-0.1, -0.05) is 0 Å². The van der Waals surface area contributed by atoms with Crippen LogP contribution in [-0.2, 0) is 10.0 Å². The first kappa shape index (κ1) is 20.9. The molecule has 0 saturated heterocycles. The van der Waals surface area contributed by atoms with Gasteiger partial charge in [0.15, 0.2) is 5.58 Å². The molecule has 0 atom stereocenters. The molecule has 1 saturated carbocycles. The Morgan fingerprint density at radius 2 is 1.82 bits per heavy atom. The van der Waals surface area contributed by atoms with Crippen LogP contribution >= 0.6 is 0 Å². The zero-order chi connectivity index (χ0) is 20.5. The average molecular weight is 410 g/mol. The van der Waals surface area contributed by atoms with Crippen LogP contribution in [0.5, 0.6) is 0 Å². The van der Waals surface area contributed by atoms with Crippen molar-refractivity contribution in [2.75, 3.05) is 11.9 Å². The summed E-state index contributed by atoms with van der Waals surface area (Å²) < 4.78 is 33.9. The van der Waals surface area contributed by atoms with E-state index in [1.807, 2.05) is 32.0 Å². The lowest BCUT2D eigenvalue weighted by atomic mass is 9.86. The summed E-state index contributed by atoms with van der Waals surface area (Å²) >= 11 is 0. The highest BCUT2D eigenvalue weighted by Gasteiger charge is 2.26. The van der Waals surface area contributed by atoms with E-state index in [0.717, 1.165) is 43.4 Å². The van der Waals surface area contributed by atoms with Crippen LogP contribution in [0.15, 0.2) is 27.4 Å². The maximum Gasteiger partial charge on any atom is 0.420 e. The van der Waals surface area contributed by atoms with Crippen molar-refractivity contribution in [2.24, 2.45) is 5.92 Å². The van der Waals surface area contributed by atoms with Crippen LogP contribution in [0.25, 0.3) is 11.1 Å². The number of fused-ring (bicyclic) bond motifs is 1. The molecular formula is C20H31N3O4S. The van der Waals surface area contributed by atoms with Crippen molar-refractivity contribution in [1.29, 1.82) is 0 Å². The molecule has 0 aliphatic heterocycles. The van der Waals surface area contributed by atoms with E-state index in [1.54, 1.807) is 18.4 Å². The number of oxazole rings is 1. The Hall–Kier alpha value is -1.80. The third-order valence-corrected chi connectivity index (χ3v) is 7.43. The highest BCUT2D eigenvalue weighted by Crippen LogP contribution is 2.26. The van der Waals surface area contributed by atoms with Gasteiger partial charge in [-0.2, -0.15) is 0 Å². The van der Waals surface area contributed by atoms with Crippen molar-refractivity contribution in [1.82, 2.24) is 9.29 Å². The van der Waals surface area contributed by atoms with Crippen molar-refractivity contribution in [3.63, 3.8) is 0 Å². The number of aromatic nitrogens is 1. The molecule has 1 heterocycles. The fourth-order valence-electron chi connectivity index (χ4n) is 3.75. The van der Waals surface area contributed by atoms with E-state index in [1.165, 1.54) is 0 Å². The molecule has 0 radical (unpaired) electrons. The van der Waals surface area contributed by atoms with Crippen LogP contribution in [0.4, 0.5) is 5.69 Å². The molecular weight excluding hydrogens is 378 g/mol. The number of nitrogens with one attached hydrogen (secondary N) is 2. The van der Waals surface area contributed by atoms with Gasteiger partial charge >= 0.3 is 5.76 Å². The summed E-state index contributed by atoms with van der Waals surface area (Å²) in [4.78, 5) is 12.0. The fraction of sp³-hybridized carbons (Fsp3) is 0.650. The van der Waals surface area contributed by atoms with E-state index >= 15 is 0 Å². The van der Waals surface area contributed by atoms with E-state index in [-0.39, 0.29) is 17.8 Å². The van der Waals surface area contributed by atoms with E-state index in [4.69, 9.17) is 4.42 Å². The molecule has 2 aromatic rings. The predicted molar refractivity (Wildman–Crippen MR) is 112 cm³/mol. The first-order chi connectivity index (χ1) is 13.2.